The molecule has 2 amide bonds. The van der Waals surface area contributed by atoms with Crippen molar-refractivity contribution in [3.05, 3.63) is 60.2 Å². The van der Waals surface area contributed by atoms with Gasteiger partial charge in [0.25, 0.3) is 5.91 Å². The molecule has 0 aromatic heterocycles. The van der Waals surface area contributed by atoms with E-state index in [4.69, 9.17) is 4.74 Å². The van der Waals surface area contributed by atoms with Gasteiger partial charge in [0.05, 0.1) is 18.2 Å². The van der Waals surface area contributed by atoms with Crippen LogP contribution in [0.3, 0.4) is 0 Å². The molecule has 5 heteroatoms. The molecule has 0 bridgehead atoms. The van der Waals surface area contributed by atoms with Crippen molar-refractivity contribution in [1.82, 2.24) is 5.32 Å². The molecule has 1 heterocycles. The van der Waals surface area contributed by atoms with Gasteiger partial charge >= 0.3 is 0 Å². The van der Waals surface area contributed by atoms with E-state index < -0.39 is 6.10 Å². The third kappa shape index (κ3) is 3.51. The molecule has 0 fully saturated rings. The molecule has 1 aliphatic rings. The Balaban J connectivity index is 1.61. The molecule has 3 rings (SSSR count). The monoisotopic (exact) mass is 310 g/mol. The number of carbonyl (C=O) groups excluding carboxylic acids is 2. The first-order chi connectivity index (χ1) is 11.1. The summed E-state index contributed by atoms with van der Waals surface area (Å²) in [6, 6.07) is 16.7. The Morgan fingerprint density at radius 2 is 1.87 bits per heavy atom. The molecule has 0 spiro atoms. The molecule has 0 saturated carbocycles. The number of rotatable bonds is 4. The van der Waals surface area contributed by atoms with Crippen LogP contribution >= 0.6 is 0 Å². The second-order valence-corrected chi connectivity index (χ2v) is 5.50. The van der Waals surface area contributed by atoms with Crippen molar-refractivity contribution in [2.45, 2.75) is 25.5 Å². The highest BCUT2D eigenvalue weighted by atomic mass is 16.5. The van der Waals surface area contributed by atoms with Crippen LogP contribution < -0.4 is 15.4 Å². The Hall–Kier alpha value is -2.82. The molecule has 118 valence electrons. The maximum absolute atomic E-state index is 12.2. The highest BCUT2D eigenvalue weighted by molar-refractivity contribution is 5.99. The lowest BCUT2D eigenvalue weighted by Crippen LogP contribution is -2.41. The van der Waals surface area contributed by atoms with Gasteiger partial charge in [0.1, 0.15) is 5.75 Å². The molecule has 0 aliphatic carbocycles. The SMILES string of the molecule is C[C@@H](NC(=O)C[C@@H]1Oc2ccccc2NC1=O)c1ccccc1. The number of para-hydroxylation sites is 2. The number of hydrogen-bond acceptors (Lipinski definition) is 3. The third-order valence-electron chi connectivity index (χ3n) is 3.75. The second-order valence-electron chi connectivity index (χ2n) is 5.50. The van der Waals surface area contributed by atoms with Gasteiger partial charge < -0.3 is 15.4 Å². The topological polar surface area (TPSA) is 67.4 Å². The van der Waals surface area contributed by atoms with Crippen LogP contribution in [0.1, 0.15) is 24.9 Å². The van der Waals surface area contributed by atoms with Gasteiger partial charge in [-0.05, 0) is 24.6 Å². The Bertz CT molecular complexity index is 715. The molecule has 1 aliphatic heterocycles. The number of fused-ring (bicyclic) bond motifs is 1. The van der Waals surface area contributed by atoms with Crippen LogP contribution in [0.15, 0.2) is 54.6 Å². The van der Waals surface area contributed by atoms with Gasteiger partial charge in [-0.3, -0.25) is 9.59 Å². The first-order valence-electron chi connectivity index (χ1n) is 7.54. The normalized spacial score (nSPS) is 17.4. The highest BCUT2D eigenvalue weighted by Gasteiger charge is 2.29. The van der Waals surface area contributed by atoms with E-state index in [0.29, 0.717) is 11.4 Å². The molecule has 5 nitrogen and oxygen atoms in total. The fourth-order valence-corrected chi connectivity index (χ4v) is 2.52. The number of ether oxygens (including phenoxy) is 1. The number of carbonyl (C=O) groups is 2. The minimum absolute atomic E-state index is 0.0165. The number of nitrogens with one attached hydrogen (secondary N) is 2. The zero-order chi connectivity index (χ0) is 16.2. The van der Waals surface area contributed by atoms with Crippen molar-refractivity contribution in [2.24, 2.45) is 0 Å². The van der Waals surface area contributed by atoms with Gasteiger partial charge in [0, 0.05) is 0 Å². The lowest BCUT2D eigenvalue weighted by molar-refractivity contribution is -0.130. The quantitative estimate of drug-likeness (QED) is 0.912. The van der Waals surface area contributed by atoms with Crippen LogP contribution in [0.2, 0.25) is 0 Å². The first kappa shape index (κ1) is 15.1. The Labute approximate surface area is 134 Å². The smallest absolute Gasteiger partial charge is 0.266 e. The van der Waals surface area contributed by atoms with Crippen LogP contribution in [0.4, 0.5) is 5.69 Å². The van der Waals surface area contributed by atoms with Crippen LogP contribution in [0.5, 0.6) is 5.75 Å². The average Bonchev–Trinajstić information content (AvgIpc) is 2.56. The predicted molar refractivity (Wildman–Crippen MR) is 87.1 cm³/mol. The lowest BCUT2D eigenvalue weighted by atomic mass is 10.1. The zero-order valence-electron chi connectivity index (χ0n) is 12.8. The summed E-state index contributed by atoms with van der Waals surface area (Å²) in [7, 11) is 0. The van der Waals surface area contributed by atoms with Crippen molar-refractivity contribution in [2.75, 3.05) is 5.32 Å². The second kappa shape index (κ2) is 6.52. The van der Waals surface area contributed by atoms with Crippen molar-refractivity contribution < 1.29 is 14.3 Å². The summed E-state index contributed by atoms with van der Waals surface area (Å²) in [5, 5.41) is 5.65. The van der Waals surface area contributed by atoms with Crippen LogP contribution in [0.25, 0.3) is 0 Å². The molecule has 0 saturated heterocycles. The third-order valence-corrected chi connectivity index (χ3v) is 3.75. The summed E-state index contributed by atoms with van der Waals surface area (Å²) in [6.45, 7) is 1.91. The van der Waals surface area contributed by atoms with E-state index in [2.05, 4.69) is 10.6 Å². The lowest BCUT2D eigenvalue weighted by Gasteiger charge is -2.25. The van der Waals surface area contributed by atoms with Gasteiger partial charge in [-0.1, -0.05) is 42.5 Å². The zero-order valence-corrected chi connectivity index (χ0v) is 12.8. The van der Waals surface area contributed by atoms with E-state index in [9.17, 15) is 9.59 Å². The summed E-state index contributed by atoms with van der Waals surface area (Å²) in [5.41, 5.74) is 1.65. The van der Waals surface area contributed by atoms with Crippen molar-refractivity contribution in [1.29, 1.82) is 0 Å². The number of anilines is 1. The highest BCUT2D eigenvalue weighted by Crippen LogP contribution is 2.29. The molecular formula is C18H18N2O3. The summed E-state index contributed by atoms with van der Waals surface area (Å²) in [4.78, 5) is 24.2. The van der Waals surface area contributed by atoms with Gasteiger partial charge in [0.15, 0.2) is 6.10 Å². The van der Waals surface area contributed by atoms with E-state index in [1.165, 1.54) is 0 Å². The van der Waals surface area contributed by atoms with E-state index in [1.54, 1.807) is 12.1 Å². The molecule has 2 atom stereocenters. The minimum Gasteiger partial charge on any atom is -0.478 e. The maximum atomic E-state index is 12.2. The number of amides is 2. The Kier molecular flexibility index (Phi) is 4.28. The molecule has 0 radical (unpaired) electrons. The summed E-state index contributed by atoms with van der Waals surface area (Å²) in [5.74, 6) is 0.0631. The summed E-state index contributed by atoms with van der Waals surface area (Å²) >= 11 is 0. The van der Waals surface area contributed by atoms with Crippen molar-refractivity contribution in [3.63, 3.8) is 0 Å². The molecule has 2 N–H and O–H groups in total. The summed E-state index contributed by atoms with van der Waals surface area (Å²) in [6.07, 6.45) is -0.829. The van der Waals surface area contributed by atoms with E-state index in [0.717, 1.165) is 5.56 Å². The molecule has 2 aromatic rings. The van der Waals surface area contributed by atoms with Gasteiger partial charge in [-0.15, -0.1) is 0 Å². The van der Waals surface area contributed by atoms with E-state index in [-0.39, 0.29) is 24.3 Å². The number of benzene rings is 2. The Morgan fingerprint density at radius 3 is 2.65 bits per heavy atom. The largest absolute Gasteiger partial charge is 0.478 e. The van der Waals surface area contributed by atoms with Crippen molar-refractivity contribution in [3.8, 4) is 5.75 Å². The molecule has 2 aromatic carbocycles. The predicted octanol–water partition coefficient (Wildman–Crippen LogP) is 2.65. The van der Waals surface area contributed by atoms with Crippen LogP contribution in [-0.2, 0) is 9.59 Å². The molecule has 0 unspecified atom stereocenters. The van der Waals surface area contributed by atoms with Crippen molar-refractivity contribution >= 4 is 17.5 Å². The van der Waals surface area contributed by atoms with Gasteiger partial charge in [-0.25, -0.2) is 0 Å². The first-order valence-corrected chi connectivity index (χ1v) is 7.54. The standard InChI is InChI=1S/C18H18N2O3/c1-12(13-7-3-2-4-8-13)19-17(21)11-16-18(22)20-14-9-5-6-10-15(14)23-16/h2-10,12,16H,11H2,1H3,(H,19,21)(H,20,22)/t12-,16+/m1/s1. The van der Waals surface area contributed by atoms with Crippen LogP contribution in [0, 0.1) is 0 Å². The van der Waals surface area contributed by atoms with Gasteiger partial charge in [0.2, 0.25) is 5.91 Å². The molecular weight excluding hydrogens is 292 g/mol. The fourth-order valence-electron chi connectivity index (χ4n) is 2.52. The molecule has 23 heavy (non-hydrogen) atoms. The maximum Gasteiger partial charge on any atom is 0.266 e. The van der Waals surface area contributed by atoms with Crippen LogP contribution in [-0.4, -0.2) is 17.9 Å². The van der Waals surface area contributed by atoms with E-state index in [1.807, 2.05) is 49.4 Å². The minimum atomic E-state index is -0.812. The Morgan fingerprint density at radius 1 is 1.17 bits per heavy atom. The fraction of sp³-hybridized carbons (Fsp3) is 0.222. The summed E-state index contributed by atoms with van der Waals surface area (Å²) < 4.78 is 5.63. The van der Waals surface area contributed by atoms with E-state index >= 15 is 0 Å². The van der Waals surface area contributed by atoms with Gasteiger partial charge in [-0.2, -0.15) is 0 Å². The average molecular weight is 310 g/mol. The number of hydrogen-bond donors (Lipinski definition) is 2.